The third-order valence-corrected chi connectivity index (χ3v) is 4.01. The molecule has 1 fully saturated rings. The van der Waals surface area contributed by atoms with Crippen LogP contribution in [0.15, 0.2) is 54.6 Å². The summed E-state index contributed by atoms with van der Waals surface area (Å²) in [6, 6.07) is 21.1. The molecule has 0 aromatic heterocycles. The molecule has 0 heterocycles. The van der Waals surface area contributed by atoms with Crippen molar-refractivity contribution in [3.8, 4) is 6.07 Å². The Morgan fingerprint density at radius 1 is 1.06 bits per heavy atom. The number of nitrogens with zero attached hydrogens (tertiary/aromatic N) is 1. The molecule has 0 spiro atoms. The van der Waals surface area contributed by atoms with Gasteiger partial charge in [-0.25, -0.2) is 0 Å². The molecule has 0 N–H and O–H groups in total. The summed E-state index contributed by atoms with van der Waals surface area (Å²) in [6.07, 6.45) is 0.943. The fourth-order valence-electron chi connectivity index (χ4n) is 2.86. The monoisotopic (exact) mass is 233 g/mol. The molecule has 1 heteroatoms. The zero-order valence-electron chi connectivity index (χ0n) is 10.4. The van der Waals surface area contributed by atoms with E-state index in [0.29, 0.717) is 5.92 Å². The minimum atomic E-state index is -0.298. The second-order valence-corrected chi connectivity index (χ2v) is 5.06. The number of hydrogen-bond acceptors (Lipinski definition) is 1. The van der Waals surface area contributed by atoms with Gasteiger partial charge in [0.15, 0.2) is 0 Å². The molecule has 3 rings (SSSR count). The van der Waals surface area contributed by atoms with Crippen molar-refractivity contribution in [3.63, 3.8) is 0 Å². The summed E-state index contributed by atoms with van der Waals surface area (Å²) in [7, 11) is 0. The summed E-state index contributed by atoms with van der Waals surface area (Å²) in [5.74, 6) is 0.353. The third-order valence-electron chi connectivity index (χ3n) is 4.01. The van der Waals surface area contributed by atoms with Crippen molar-refractivity contribution in [3.05, 3.63) is 71.3 Å². The SMILES string of the molecule is Cc1ccccc1[C@H]1C[C@@]1(C#N)c1ccccc1. The summed E-state index contributed by atoms with van der Waals surface area (Å²) < 4.78 is 0. The van der Waals surface area contributed by atoms with Gasteiger partial charge in [0.05, 0.1) is 11.5 Å². The fraction of sp³-hybridized carbons (Fsp3) is 0.235. The quantitative estimate of drug-likeness (QED) is 0.770. The smallest absolute Gasteiger partial charge is 0.0897 e. The lowest BCUT2D eigenvalue weighted by Gasteiger charge is -2.10. The van der Waals surface area contributed by atoms with Gasteiger partial charge in [-0.1, -0.05) is 54.6 Å². The van der Waals surface area contributed by atoms with E-state index in [0.717, 1.165) is 12.0 Å². The summed E-state index contributed by atoms with van der Waals surface area (Å²) in [4.78, 5) is 0. The number of nitriles is 1. The Morgan fingerprint density at radius 3 is 2.39 bits per heavy atom. The third kappa shape index (κ3) is 1.54. The largest absolute Gasteiger partial charge is 0.197 e. The Morgan fingerprint density at radius 2 is 1.72 bits per heavy atom. The molecule has 88 valence electrons. The summed E-state index contributed by atoms with van der Waals surface area (Å²) >= 11 is 0. The molecule has 0 amide bonds. The van der Waals surface area contributed by atoms with E-state index in [1.54, 1.807) is 0 Å². The van der Waals surface area contributed by atoms with E-state index in [2.05, 4.69) is 49.4 Å². The van der Waals surface area contributed by atoms with Crippen LogP contribution in [0, 0.1) is 18.3 Å². The topological polar surface area (TPSA) is 23.8 Å². The van der Waals surface area contributed by atoms with Crippen molar-refractivity contribution >= 4 is 0 Å². The molecule has 1 nitrogen and oxygen atoms in total. The minimum absolute atomic E-state index is 0.298. The molecular weight excluding hydrogens is 218 g/mol. The van der Waals surface area contributed by atoms with Crippen molar-refractivity contribution < 1.29 is 0 Å². The van der Waals surface area contributed by atoms with E-state index >= 15 is 0 Å². The van der Waals surface area contributed by atoms with Crippen molar-refractivity contribution in [1.82, 2.24) is 0 Å². The van der Waals surface area contributed by atoms with E-state index in [1.807, 2.05) is 18.2 Å². The molecule has 0 aliphatic heterocycles. The van der Waals surface area contributed by atoms with Crippen LogP contribution in [-0.4, -0.2) is 0 Å². The van der Waals surface area contributed by atoms with Gasteiger partial charge in [-0.05, 0) is 30.0 Å². The van der Waals surface area contributed by atoms with Crippen molar-refractivity contribution in [2.24, 2.45) is 0 Å². The van der Waals surface area contributed by atoms with Crippen LogP contribution >= 0.6 is 0 Å². The zero-order chi connectivity index (χ0) is 12.6. The van der Waals surface area contributed by atoms with Gasteiger partial charge >= 0.3 is 0 Å². The number of hydrogen-bond donors (Lipinski definition) is 0. The molecule has 0 radical (unpaired) electrons. The molecule has 0 saturated heterocycles. The van der Waals surface area contributed by atoms with Crippen molar-refractivity contribution in [1.29, 1.82) is 5.26 Å². The Hall–Kier alpha value is -2.07. The Kier molecular flexibility index (Phi) is 2.45. The second kappa shape index (κ2) is 3.99. The number of benzene rings is 2. The van der Waals surface area contributed by atoms with E-state index in [9.17, 15) is 5.26 Å². The molecule has 18 heavy (non-hydrogen) atoms. The van der Waals surface area contributed by atoms with Crippen LogP contribution in [0.25, 0.3) is 0 Å². The van der Waals surface area contributed by atoms with Crippen molar-refractivity contribution in [2.75, 3.05) is 0 Å². The summed E-state index contributed by atoms with van der Waals surface area (Å²) in [5, 5.41) is 9.58. The molecule has 1 saturated carbocycles. The second-order valence-electron chi connectivity index (χ2n) is 5.06. The summed E-state index contributed by atoms with van der Waals surface area (Å²) in [6.45, 7) is 2.13. The molecule has 0 bridgehead atoms. The van der Waals surface area contributed by atoms with Gasteiger partial charge in [-0.15, -0.1) is 0 Å². The molecule has 2 atom stereocenters. The lowest BCUT2D eigenvalue weighted by atomic mass is 9.91. The van der Waals surface area contributed by atoms with Crippen LogP contribution in [0.1, 0.15) is 29.0 Å². The maximum atomic E-state index is 9.58. The fourth-order valence-corrected chi connectivity index (χ4v) is 2.86. The van der Waals surface area contributed by atoms with Gasteiger partial charge in [0.1, 0.15) is 0 Å². The van der Waals surface area contributed by atoms with Crippen LogP contribution < -0.4 is 0 Å². The lowest BCUT2D eigenvalue weighted by Crippen LogP contribution is -2.06. The molecule has 2 aromatic carbocycles. The lowest BCUT2D eigenvalue weighted by molar-refractivity contribution is 0.852. The highest BCUT2D eigenvalue weighted by molar-refractivity contribution is 5.50. The van der Waals surface area contributed by atoms with Gasteiger partial charge in [0, 0.05) is 5.92 Å². The maximum absolute atomic E-state index is 9.58. The van der Waals surface area contributed by atoms with E-state index in [1.165, 1.54) is 11.1 Å². The first-order valence-electron chi connectivity index (χ1n) is 6.30. The first kappa shape index (κ1) is 11.0. The standard InChI is InChI=1S/C17H15N/c1-13-7-5-6-10-15(13)16-11-17(16,12-18)14-8-3-2-4-9-14/h2-10,16H,11H2,1H3/t16-,17-/m1/s1. The molecule has 1 aliphatic rings. The van der Waals surface area contributed by atoms with E-state index in [-0.39, 0.29) is 5.41 Å². The highest BCUT2D eigenvalue weighted by Gasteiger charge is 2.57. The van der Waals surface area contributed by atoms with Crippen LogP contribution in [0.2, 0.25) is 0 Å². The van der Waals surface area contributed by atoms with Crippen LogP contribution in [0.4, 0.5) is 0 Å². The molecule has 1 aliphatic carbocycles. The minimum Gasteiger partial charge on any atom is -0.197 e. The number of rotatable bonds is 2. The predicted molar refractivity (Wildman–Crippen MR) is 72.3 cm³/mol. The van der Waals surface area contributed by atoms with E-state index in [4.69, 9.17) is 0 Å². The Labute approximate surface area is 108 Å². The maximum Gasteiger partial charge on any atom is 0.0897 e. The Balaban J connectivity index is 2.01. The Bertz CT molecular complexity index is 609. The predicted octanol–water partition coefficient (Wildman–Crippen LogP) is 3.94. The molecule has 2 aromatic rings. The highest BCUT2D eigenvalue weighted by atomic mass is 14.6. The van der Waals surface area contributed by atoms with Crippen molar-refractivity contribution in [2.45, 2.75) is 24.7 Å². The van der Waals surface area contributed by atoms with Gasteiger partial charge in [-0.2, -0.15) is 5.26 Å². The van der Waals surface area contributed by atoms with E-state index < -0.39 is 0 Å². The van der Waals surface area contributed by atoms with Gasteiger partial charge in [0.2, 0.25) is 0 Å². The molecule has 0 unspecified atom stereocenters. The molecular formula is C17H15N. The normalized spacial score (nSPS) is 25.4. The van der Waals surface area contributed by atoms with Crippen LogP contribution in [0.3, 0.4) is 0 Å². The van der Waals surface area contributed by atoms with Crippen LogP contribution in [-0.2, 0) is 5.41 Å². The zero-order valence-corrected chi connectivity index (χ0v) is 10.4. The van der Waals surface area contributed by atoms with Crippen LogP contribution in [0.5, 0.6) is 0 Å². The average Bonchev–Trinajstić information content (AvgIpc) is 3.16. The summed E-state index contributed by atoms with van der Waals surface area (Å²) in [5.41, 5.74) is 3.46. The first-order valence-corrected chi connectivity index (χ1v) is 6.30. The average molecular weight is 233 g/mol. The van der Waals surface area contributed by atoms with Gasteiger partial charge in [0.25, 0.3) is 0 Å². The number of aryl methyl sites for hydroxylation is 1. The highest BCUT2D eigenvalue weighted by Crippen LogP contribution is 2.60. The van der Waals surface area contributed by atoms with Gasteiger partial charge < -0.3 is 0 Å². The first-order chi connectivity index (χ1) is 8.78. The van der Waals surface area contributed by atoms with Gasteiger partial charge in [-0.3, -0.25) is 0 Å².